The smallest absolute Gasteiger partial charge is 0.262 e. The second-order valence-electron chi connectivity index (χ2n) is 10.7. The van der Waals surface area contributed by atoms with Crippen molar-refractivity contribution < 1.29 is 28.3 Å². The largest absolute Gasteiger partial charge is 0.457 e. The van der Waals surface area contributed by atoms with Crippen LogP contribution in [0, 0.1) is 11.7 Å². The van der Waals surface area contributed by atoms with Crippen LogP contribution in [0.25, 0.3) is 0 Å². The Balaban J connectivity index is 1.16. The summed E-state index contributed by atoms with van der Waals surface area (Å²) < 4.78 is 18.9. The number of benzene rings is 4. The highest BCUT2D eigenvalue weighted by Gasteiger charge is 2.42. The molecule has 4 amide bonds. The van der Waals surface area contributed by atoms with Crippen LogP contribution < -0.4 is 10.1 Å². The minimum Gasteiger partial charge on any atom is -0.457 e. The molecule has 2 aliphatic rings. The number of nitrogens with one attached hydrogen (secondary N) is 1. The maximum absolute atomic E-state index is 13.6. The molecule has 9 heteroatoms. The maximum atomic E-state index is 13.6. The number of hydrogen-bond acceptors (Lipinski definition) is 5. The van der Waals surface area contributed by atoms with E-state index < -0.39 is 30.3 Å². The summed E-state index contributed by atoms with van der Waals surface area (Å²) in [7, 11) is 0. The highest BCUT2D eigenvalue weighted by atomic mass is 19.1. The molecule has 216 valence electrons. The zero-order valence-corrected chi connectivity index (χ0v) is 23.1. The monoisotopic (exact) mass is 577 g/mol. The third-order valence-corrected chi connectivity index (χ3v) is 7.72. The van der Waals surface area contributed by atoms with Crippen molar-refractivity contribution >= 4 is 29.3 Å². The molecule has 0 aromatic heterocycles. The molecule has 0 spiro atoms. The van der Waals surface area contributed by atoms with Gasteiger partial charge in [0.1, 0.15) is 29.9 Å². The normalized spacial score (nSPS) is 17.6. The number of halogens is 1. The molecular weight excluding hydrogens is 549 g/mol. The van der Waals surface area contributed by atoms with Gasteiger partial charge in [-0.05, 0) is 85.0 Å². The van der Waals surface area contributed by atoms with Crippen molar-refractivity contribution in [2.45, 2.75) is 18.9 Å². The molecule has 6 rings (SSSR count). The van der Waals surface area contributed by atoms with Gasteiger partial charge < -0.3 is 15.0 Å². The number of carbonyl (C=O) groups is 4. The fraction of sp³-hybridized carbons (Fsp3) is 0.176. The Kier molecular flexibility index (Phi) is 7.70. The molecule has 2 aliphatic heterocycles. The lowest BCUT2D eigenvalue weighted by molar-refractivity contribution is -0.136. The van der Waals surface area contributed by atoms with E-state index in [-0.39, 0.29) is 28.8 Å². The number of ether oxygens (including phenoxy) is 1. The van der Waals surface area contributed by atoms with Crippen molar-refractivity contribution in [3.8, 4) is 11.5 Å². The lowest BCUT2D eigenvalue weighted by atomic mass is 9.96. The molecule has 1 fully saturated rings. The Hall–Kier alpha value is -5.31. The topological polar surface area (TPSA) is 96.0 Å². The maximum Gasteiger partial charge on any atom is 0.262 e. The fourth-order valence-electron chi connectivity index (χ4n) is 5.62. The SMILES string of the molecule is O=C(Nc1ccc(Oc2ccc(F)cc2)cc1)[C@@H]1C[C@@H](Cc2ccccc2)CN1C(=O)CN1C(=O)c2ccccc2C1=O. The number of imide groups is 1. The molecule has 2 atom stereocenters. The average Bonchev–Trinajstić information content (AvgIpc) is 3.55. The molecule has 1 N–H and O–H groups in total. The van der Waals surface area contributed by atoms with Gasteiger partial charge in [-0.25, -0.2) is 4.39 Å². The number of hydrogen-bond donors (Lipinski definition) is 1. The summed E-state index contributed by atoms with van der Waals surface area (Å²) in [5, 5.41) is 2.89. The Morgan fingerprint density at radius 1 is 0.791 bits per heavy atom. The molecule has 0 unspecified atom stereocenters. The zero-order chi connectivity index (χ0) is 29.9. The Morgan fingerprint density at radius 2 is 1.37 bits per heavy atom. The van der Waals surface area contributed by atoms with Crippen molar-refractivity contribution in [2.24, 2.45) is 5.92 Å². The Morgan fingerprint density at radius 3 is 2.00 bits per heavy atom. The summed E-state index contributed by atoms with van der Waals surface area (Å²) in [6, 6.07) is 27.9. The van der Waals surface area contributed by atoms with Gasteiger partial charge in [0.05, 0.1) is 11.1 Å². The van der Waals surface area contributed by atoms with E-state index in [1.165, 1.54) is 29.2 Å². The molecule has 0 bridgehead atoms. The van der Waals surface area contributed by atoms with Crippen molar-refractivity contribution in [3.05, 3.63) is 126 Å². The van der Waals surface area contributed by atoms with Gasteiger partial charge in [-0.1, -0.05) is 42.5 Å². The molecule has 4 aromatic carbocycles. The quantitative estimate of drug-likeness (QED) is 0.286. The van der Waals surface area contributed by atoms with Gasteiger partial charge in [-0.2, -0.15) is 0 Å². The predicted octanol–water partition coefficient (Wildman–Crippen LogP) is 5.31. The summed E-state index contributed by atoms with van der Waals surface area (Å²) in [5.41, 5.74) is 2.14. The van der Waals surface area contributed by atoms with E-state index in [0.717, 1.165) is 10.5 Å². The minimum atomic E-state index is -0.786. The van der Waals surface area contributed by atoms with Crippen LogP contribution in [0.15, 0.2) is 103 Å². The number of amides is 4. The molecule has 0 radical (unpaired) electrons. The Labute approximate surface area is 247 Å². The zero-order valence-electron chi connectivity index (χ0n) is 23.1. The average molecular weight is 578 g/mol. The van der Waals surface area contributed by atoms with Crippen LogP contribution in [-0.2, 0) is 16.0 Å². The molecule has 43 heavy (non-hydrogen) atoms. The highest BCUT2D eigenvalue weighted by molar-refractivity contribution is 6.22. The van der Waals surface area contributed by atoms with Crippen molar-refractivity contribution in [1.82, 2.24) is 9.80 Å². The first-order valence-electron chi connectivity index (χ1n) is 14.0. The molecule has 8 nitrogen and oxygen atoms in total. The Bertz CT molecular complexity index is 1640. The highest BCUT2D eigenvalue weighted by Crippen LogP contribution is 2.30. The molecule has 0 saturated carbocycles. The van der Waals surface area contributed by atoms with Crippen molar-refractivity contribution in [1.29, 1.82) is 0 Å². The van der Waals surface area contributed by atoms with Crippen LogP contribution in [0.1, 0.15) is 32.7 Å². The van der Waals surface area contributed by atoms with E-state index in [1.807, 2.05) is 30.3 Å². The first kappa shape index (κ1) is 27.8. The van der Waals surface area contributed by atoms with Gasteiger partial charge in [-0.3, -0.25) is 24.1 Å². The number of anilines is 1. The van der Waals surface area contributed by atoms with E-state index >= 15 is 0 Å². The van der Waals surface area contributed by atoms with Crippen molar-refractivity contribution in [2.75, 3.05) is 18.4 Å². The van der Waals surface area contributed by atoms with Crippen LogP contribution in [-0.4, -0.2) is 52.6 Å². The molecule has 4 aromatic rings. The van der Waals surface area contributed by atoms with Crippen molar-refractivity contribution in [3.63, 3.8) is 0 Å². The standard InChI is InChI=1S/C34H28FN3O5/c35-24-10-14-26(15-11-24)43-27-16-12-25(13-17-27)36-32(40)30-19-23(18-22-6-2-1-3-7-22)20-37(30)31(39)21-38-33(41)28-8-4-5-9-29(28)34(38)42/h1-17,23,30H,18-21H2,(H,36,40)/t23-,30+/m1/s1. The first-order chi connectivity index (χ1) is 20.9. The van der Waals surface area contributed by atoms with E-state index in [9.17, 15) is 23.6 Å². The third-order valence-electron chi connectivity index (χ3n) is 7.72. The lowest BCUT2D eigenvalue weighted by Gasteiger charge is -2.26. The summed E-state index contributed by atoms with van der Waals surface area (Å²) in [5.74, 6) is -1.23. The van der Waals surface area contributed by atoms with Gasteiger partial charge in [0, 0.05) is 12.2 Å². The van der Waals surface area contributed by atoms with E-state index in [2.05, 4.69) is 5.32 Å². The third kappa shape index (κ3) is 6.01. The van der Waals surface area contributed by atoms with Gasteiger partial charge in [0.15, 0.2) is 0 Å². The summed E-state index contributed by atoms with van der Waals surface area (Å²) >= 11 is 0. The van der Waals surface area contributed by atoms with Crippen LogP contribution in [0.5, 0.6) is 11.5 Å². The lowest BCUT2D eigenvalue weighted by Crippen LogP contribution is -2.48. The predicted molar refractivity (Wildman–Crippen MR) is 157 cm³/mol. The first-order valence-corrected chi connectivity index (χ1v) is 14.0. The van der Waals surface area contributed by atoms with Gasteiger partial charge in [0.25, 0.3) is 11.8 Å². The molecule has 1 saturated heterocycles. The van der Waals surface area contributed by atoms with Crippen LogP contribution in [0.2, 0.25) is 0 Å². The summed E-state index contributed by atoms with van der Waals surface area (Å²) in [4.78, 5) is 55.4. The van der Waals surface area contributed by atoms with Crippen LogP contribution in [0.4, 0.5) is 10.1 Å². The minimum absolute atomic E-state index is 0.00997. The fourth-order valence-corrected chi connectivity index (χ4v) is 5.62. The number of nitrogens with zero attached hydrogens (tertiary/aromatic N) is 2. The summed E-state index contributed by atoms with van der Waals surface area (Å²) in [6.07, 6.45) is 1.11. The number of rotatable bonds is 8. The number of fused-ring (bicyclic) bond motifs is 1. The van der Waals surface area contributed by atoms with Gasteiger partial charge >= 0.3 is 0 Å². The number of carbonyl (C=O) groups excluding carboxylic acids is 4. The van der Waals surface area contributed by atoms with Gasteiger partial charge in [-0.15, -0.1) is 0 Å². The van der Waals surface area contributed by atoms with E-state index in [4.69, 9.17) is 4.74 Å². The van der Waals surface area contributed by atoms with Crippen LogP contribution >= 0.6 is 0 Å². The van der Waals surface area contributed by atoms with Gasteiger partial charge in [0.2, 0.25) is 11.8 Å². The van der Waals surface area contributed by atoms with E-state index in [0.29, 0.717) is 36.6 Å². The van der Waals surface area contributed by atoms with Crippen LogP contribution in [0.3, 0.4) is 0 Å². The molecular formula is C34H28FN3O5. The molecule has 0 aliphatic carbocycles. The summed E-state index contributed by atoms with van der Waals surface area (Å²) in [6.45, 7) is -0.122. The second-order valence-corrected chi connectivity index (χ2v) is 10.7. The second kappa shape index (κ2) is 11.9. The molecule has 2 heterocycles. The number of likely N-dealkylation sites (tertiary alicyclic amines) is 1. The van der Waals surface area contributed by atoms with E-state index in [1.54, 1.807) is 48.5 Å².